The number of hydrazine groups is 1. The van der Waals surface area contributed by atoms with Crippen LogP contribution in [0.4, 0.5) is 30.2 Å². The van der Waals surface area contributed by atoms with Crippen molar-refractivity contribution < 1.29 is 31.2 Å². The second kappa shape index (κ2) is 11.8. The first-order valence-electron chi connectivity index (χ1n) is 11.6. The van der Waals surface area contributed by atoms with Crippen molar-refractivity contribution in [3.8, 4) is 0 Å². The lowest BCUT2D eigenvalue weighted by atomic mass is 9.83. The van der Waals surface area contributed by atoms with E-state index in [4.69, 9.17) is 0 Å². The molecule has 0 saturated heterocycles. The summed E-state index contributed by atoms with van der Waals surface area (Å²) in [6, 6.07) is 9.80. The largest absolute Gasteiger partial charge is 0.472 e. The van der Waals surface area contributed by atoms with E-state index < -0.39 is 22.1 Å². The van der Waals surface area contributed by atoms with Gasteiger partial charge in [0.2, 0.25) is 5.91 Å². The van der Waals surface area contributed by atoms with Gasteiger partial charge in [-0.3, -0.25) is 25.2 Å². The van der Waals surface area contributed by atoms with Crippen molar-refractivity contribution in [2.75, 3.05) is 15.5 Å². The van der Waals surface area contributed by atoms with Crippen LogP contribution in [0.15, 0.2) is 47.4 Å². The lowest BCUT2D eigenvalue weighted by Crippen LogP contribution is -2.40. The smallest absolute Gasteiger partial charge is 0.326 e. The summed E-state index contributed by atoms with van der Waals surface area (Å²) in [6.07, 6.45) is -3.03. The summed E-state index contributed by atoms with van der Waals surface area (Å²) >= 11 is 0. The third kappa shape index (κ3) is 9.95. The van der Waals surface area contributed by atoms with Gasteiger partial charge in [0.1, 0.15) is 0 Å². The van der Waals surface area contributed by atoms with Crippen LogP contribution in [-0.4, -0.2) is 26.4 Å². The number of halogens is 3. The fourth-order valence-corrected chi connectivity index (χ4v) is 5.08. The van der Waals surface area contributed by atoms with Crippen LogP contribution in [0.25, 0.3) is 0 Å². The third-order valence-corrected chi connectivity index (χ3v) is 6.82. The third-order valence-electron chi connectivity index (χ3n) is 5.30. The van der Waals surface area contributed by atoms with Gasteiger partial charge in [0, 0.05) is 17.8 Å². The normalized spacial score (nSPS) is 13.0. The van der Waals surface area contributed by atoms with E-state index in [2.05, 4.69) is 43.2 Å². The number of hydrogen-bond donors (Lipinski definition) is 4. The molecule has 204 valence electrons. The van der Waals surface area contributed by atoms with Gasteiger partial charge in [-0.25, -0.2) is 8.42 Å². The average molecular weight is 543 g/mol. The van der Waals surface area contributed by atoms with Gasteiger partial charge in [-0.1, -0.05) is 33.8 Å². The summed E-state index contributed by atoms with van der Waals surface area (Å²) < 4.78 is 65.2. The molecule has 2 aromatic rings. The van der Waals surface area contributed by atoms with Crippen LogP contribution >= 0.6 is 0 Å². The molecule has 8 nitrogen and oxygen atoms in total. The van der Waals surface area contributed by atoms with Crippen LogP contribution < -0.4 is 20.9 Å². The predicted molar refractivity (Wildman–Crippen MR) is 137 cm³/mol. The minimum absolute atomic E-state index is 0.0361. The van der Waals surface area contributed by atoms with Gasteiger partial charge in [0.15, 0.2) is 0 Å². The maximum atomic E-state index is 13.0. The Hall–Kier alpha value is -3.28. The average Bonchev–Trinajstić information content (AvgIpc) is 2.76. The monoisotopic (exact) mass is 542 g/mol. The summed E-state index contributed by atoms with van der Waals surface area (Å²) in [4.78, 5) is 23.3. The van der Waals surface area contributed by atoms with Crippen molar-refractivity contribution in [1.82, 2.24) is 5.43 Å². The molecule has 0 aromatic heterocycles. The van der Waals surface area contributed by atoms with E-state index in [0.717, 1.165) is 6.42 Å². The van der Waals surface area contributed by atoms with Crippen molar-refractivity contribution in [3.05, 3.63) is 48.0 Å². The molecular weight excluding hydrogens is 509 g/mol. The molecule has 0 radical (unpaired) electrons. The molecule has 2 aromatic carbocycles. The minimum Gasteiger partial charge on any atom is -0.326 e. The van der Waals surface area contributed by atoms with Gasteiger partial charge in [-0.2, -0.15) is 13.2 Å². The van der Waals surface area contributed by atoms with Crippen molar-refractivity contribution in [2.45, 2.75) is 65.0 Å². The van der Waals surface area contributed by atoms with E-state index in [9.17, 15) is 31.2 Å². The number of nitrogens with one attached hydrogen (secondary N) is 4. The van der Waals surface area contributed by atoms with E-state index in [0.29, 0.717) is 30.0 Å². The second-order valence-corrected chi connectivity index (χ2v) is 11.8. The van der Waals surface area contributed by atoms with Gasteiger partial charge in [-0.05, 0) is 73.1 Å². The van der Waals surface area contributed by atoms with Crippen LogP contribution in [-0.2, 0) is 19.6 Å². The van der Waals surface area contributed by atoms with Gasteiger partial charge in [-0.15, -0.1) is 0 Å². The molecule has 0 aliphatic carbocycles. The Balaban J connectivity index is 2.03. The molecule has 37 heavy (non-hydrogen) atoms. The van der Waals surface area contributed by atoms with Gasteiger partial charge in [0.05, 0.1) is 10.6 Å². The zero-order chi connectivity index (χ0) is 28.0. The lowest BCUT2D eigenvalue weighted by Gasteiger charge is -2.23. The van der Waals surface area contributed by atoms with Crippen molar-refractivity contribution in [1.29, 1.82) is 0 Å². The highest BCUT2D eigenvalue weighted by molar-refractivity contribution is 7.92. The number of carbonyl (C=O) groups excluding carboxylic acids is 2. The highest BCUT2D eigenvalue weighted by atomic mass is 32.2. The first-order valence-corrected chi connectivity index (χ1v) is 13.1. The van der Waals surface area contributed by atoms with E-state index in [1.807, 2.05) is 0 Å². The second-order valence-electron chi connectivity index (χ2n) is 10.2. The van der Waals surface area contributed by atoms with Crippen LogP contribution in [0.5, 0.6) is 0 Å². The quantitative estimate of drug-likeness (QED) is 0.292. The molecule has 1 unspecified atom stereocenters. The zero-order valence-corrected chi connectivity index (χ0v) is 22.2. The maximum Gasteiger partial charge on any atom is 0.472 e. The number of amides is 2. The summed E-state index contributed by atoms with van der Waals surface area (Å²) in [5, 5.41) is 2.75. The van der Waals surface area contributed by atoms with Crippen LogP contribution in [0.3, 0.4) is 0 Å². The van der Waals surface area contributed by atoms with E-state index >= 15 is 0 Å². The Morgan fingerprint density at radius 1 is 0.946 bits per heavy atom. The lowest BCUT2D eigenvalue weighted by molar-refractivity contribution is -0.173. The zero-order valence-electron chi connectivity index (χ0n) is 21.4. The van der Waals surface area contributed by atoms with Crippen LogP contribution in [0, 0.1) is 18.3 Å². The minimum atomic E-state index is -5.04. The number of hydrogen-bond acceptors (Lipinski definition) is 5. The van der Waals surface area contributed by atoms with Gasteiger partial charge in [0.25, 0.3) is 10.0 Å². The van der Waals surface area contributed by atoms with Gasteiger partial charge < -0.3 is 5.32 Å². The summed E-state index contributed by atoms with van der Waals surface area (Å²) in [6.45, 7) is 10.2. The summed E-state index contributed by atoms with van der Waals surface area (Å²) in [5.41, 5.74) is 4.83. The number of carbonyl (C=O) groups is 2. The standard InChI is InChI=1S/C25H33F3N4O4S/c1-16(15-24(3,4)5)6-13-22(33)29-20-8-7-17(2)21(14-20)37(35,36)32-19-11-9-18(10-12-19)30-31-23(34)25(26,27)28/h7-12,14,16,30,32H,6,13,15H2,1-5H3,(H,29,33)(H,31,34). The Bertz CT molecular complexity index is 1210. The first kappa shape index (κ1) is 29.9. The molecule has 2 amide bonds. The molecule has 12 heteroatoms. The molecule has 0 fully saturated rings. The Kier molecular flexibility index (Phi) is 9.59. The molecule has 4 N–H and O–H groups in total. The van der Waals surface area contributed by atoms with Crippen LogP contribution in [0.2, 0.25) is 0 Å². The fraction of sp³-hybridized carbons (Fsp3) is 0.440. The predicted octanol–water partition coefficient (Wildman–Crippen LogP) is 5.59. The summed E-state index contributed by atoms with van der Waals surface area (Å²) in [5.74, 6) is -2.01. The molecule has 0 heterocycles. The molecule has 0 bridgehead atoms. The van der Waals surface area contributed by atoms with E-state index in [1.165, 1.54) is 35.8 Å². The molecule has 2 rings (SSSR count). The summed E-state index contributed by atoms with van der Waals surface area (Å²) in [7, 11) is -4.05. The molecule has 0 aliphatic rings. The number of alkyl halides is 3. The SMILES string of the molecule is Cc1ccc(NC(=O)CCC(C)CC(C)(C)C)cc1S(=O)(=O)Nc1ccc(NNC(=O)C(F)(F)F)cc1. The van der Waals surface area contributed by atoms with Gasteiger partial charge >= 0.3 is 12.1 Å². The number of anilines is 3. The number of benzene rings is 2. The Morgan fingerprint density at radius 2 is 1.51 bits per heavy atom. The van der Waals surface area contributed by atoms with E-state index in [1.54, 1.807) is 19.1 Å². The first-order chi connectivity index (χ1) is 17.0. The number of sulfonamides is 1. The number of rotatable bonds is 10. The Morgan fingerprint density at radius 3 is 2.08 bits per heavy atom. The maximum absolute atomic E-state index is 13.0. The topological polar surface area (TPSA) is 116 Å². The highest BCUT2D eigenvalue weighted by Gasteiger charge is 2.38. The molecule has 0 aliphatic heterocycles. The van der Waals surface area contributed by atoms with Crippen LogP contribution in [0.1, 0.15) is 52.5 Å². The van der Waals surface area contributed by atoms with Crippen molar-refractivity contribution in [2.24, 2.45) is 11.3 Å². The highest BCUT2D eigenvalue weighted by Crippen LogP contribution is 2.27. The Labute approximate surface area is 215 Å². The van der Waals surface area contributed by atoms with E-state index in [-0.39, 0.29) is 27.6 Å². The molecule has 1 atom stereocenters. The number of aryl methyl sites for hydroxylation is 1. The van der Waals surface area contributed by atoms with Crippen molar-refractivity contribution >= 4 is 38.9 Å². The fourth-order valence-electron chi connectivity index (χ4n) is 3.75. The van der Waals surface area contributed by atoms with Crippen molar-refractivity contribution in [3.63, 3.8) is 0 Å². The molecular formula is C25H33F3N4O4S. The molecule has 0 spiro atoms. The molecule has 0 saturated carbocycles.